The van der Waals surface area contributed by atoms with Gasteiger partial charge in [-0.25, -0.2) is 4.79 Å². The molecule has 3 aromatic rings. The summed E-state index contributed by atoms with van der Waals surface area (Å²) in [5.74, 6) is 0.717. The Hall–Kier alpha value is -2.53. The highest BCUT2D eigenvalue weighted by atomic mass is 16.5. The summed E-state index contributed by atoms with van der Waals surface area (Å²) in [7, 11) is 3.46. The van der Waals surface area contributed by atoms with Gasteiger partial charge < -0.3 is 9.84 Å². The van der Waals surface area contributed by atoms with Gasteiger partial charge in [0.1, 0.15) is 18.5 Å². The number of aliphatic hydroxyl groups excluding tert-OH is 1. The van der Waals surface area contributed by atoms with E-state index in [-0.39, 0.29) is 12.3 Å². The number of para-hydroxylation sites is 1. The molecule has 1 heterocycles. The Labute approximate surface area is 128 Å². The van der Waals surface area contributed by atoms with E-state index in [1.165, 1.54) is 0 Å². The second-order valence-corrected chi connectivity index (χ2v) is 5.29. The van der Waals surface area contributed by atoms with Crippen molar-refractivity contribution in [2.24, 2.45) is 14.1 Å². The van der Waals surface area contributed by atoms with E-state index < -0.39 is 6.10 Å². The van der Waals surface area contributed by atoms with Crippen molar-refractivity contribution in [3.05, 3.63) is 64.6 Å². The fourth-order valence-corrected chi connectivity index (χ4v) is 2.52. The average Bonchev–Trinajstić information content (AvgIpc) is 2.78. The normalized spacial score (nSPS) is 12.5. The molecule has 0 aliphatic heterocycles. The molecule has 5 nitrogen and oxygen atoms in total. The Morgan fingerprint density at radius 3 is 2.45 bits per heavy atom. The van der Waals surface area contributed by atoms with Crippen molar-refractivity contribution in [3.63, 3.8) is 0 Å². The molecule has 114 valence electrons. The monoisotopic (exact) mass is 298 g/mol. The molecular formula is C17H18N2O3. The molecule has 1 unspecified atom stereocenters. The van der Waals surface area contributed by atoms with Crippen LogP contribution in [0.1, 0.15) is 11.7 Å². The highest BCUT2D eigenvalue weighted by molar-refractivity contribution is 5.76. The zero-order chi connectivity index (χ0) is 15.7. The van der Waals surface area contributed by atoms with Crippen molar-refractivity contribution in [3.8, 4) is 5.75 Å². The summed E-state index contributed by atoms with van der Waals surface area (Å²) in [6.45, 7) is 0.163. The van der Waals surface area contributed by atoms with Crippen molar-refractivity contribution in [2.45, 2.75) is 6.10 Å². The molecule has 1 atom stereocenters. The van der Waals surface area contributed by atoms with Gasteiger partial charge in [-0.05, 0) is 29.8 Å². The van der Waals surface area contributed by atoms with E-state index in [9.17, 15) is 9.90 Å². The highest BCUT2D eigenvalue weighted by Crippen LogP contribution is 2.20. The van der Waals surface area contributed by atoms with Gasteiger partial charge in [-0.3, -0.25) is 9.13 Å². The minimum atomic E-state index is -0.750. The van der Waals surface area contributed by atoms with Crippen LogP contribution < -0.4 is 10.4 Å². The molecule has 1 aromatic heterocycles. The number of rotatable bonds is 4. The molecule has 0 bridgehead atoms. The van der Waals surface area contributed by atoms with Crippen LogP contribution >= 0.6 is 0 Å². The summed E-state index contributed by atoms with van der Waals surface area (Å²) in [4.78, 5) is 11.9. The van der Waals surface area contributed by atoms with Crippen LogP contribution in [-0.4, -0.2) is 20.8 Å². The number of benzene rings is 2. The van der Waals surface area contributed by atoms with Crippen molar-refractivity contribution >= 4 is 11.0 Å². The zero-order valence-electron chi connectivity index (χ0n) is 12.6. The maximum absolute atomic E-state index is 11.9. The van der Waals surface area contributed by atoms with E-state index in [0.29, 0.717) is 0 Å². The standard InChI is InChI=1S/C17H18N2O3/c1-18-14-9-8-12(10-15(14)19(2)17(18)21)16(20)11-22-13-6-4-3-5-7-13/h3-10,16,20H,11H2,1-2H3. The van der Waals surface area contributed by atoms with Crippen LogP contribution in [0.15, 0.2) is 53.3 Å². The summed E-state index contributed by atoms with van der Waals surface area (Å²) in [6, 6.07) is 14.9. The second-order valence-electron chi connectivity index (χ2n) is 5.29. The first-order chi connectivity index (χ1) is 10.6. The zero-order valence-corrected chi connectivity index (χ0v) is 12.6. The van der Waals surface area contributed by atoms with E-state index in [0.717, 1.165) is 22.3 Å². The summed E-state index contributed by atoms with van der Waals surface area (Å²) >= 11 is 0. The van der Waals surface area contributed by atoms with Gasteiger partial charge in [0.25, 0.3) is 0 Å². The lowest BCUT2D eigenvalue weighted by molar-refractivity contribution is 0.108. The third-order valence-electron chi connectivity index (χ3n) is 3.83. The van der Waals surface area contributed by atoms with Crippen molar-refractivity contribution in [1.29, 1.82) is 0 Å². The minimum absolute atomic E-state index is 0.0813. The lowest BCUT2D eigenvalue weighted by atomic mass is 10.1. The number of aryl methyl sites for hydroxylation is 2. The maximum Gasteiger partial charge on any atom is 0.328 e. The number of hydrogen-bond donors (Lipinski definition) is 1. The van der Waals surface area contributed by atoms with E-state index in [2.05, 4.69) is 0 Å². The van der Waals surface area contributed by atoms with Crippen LogP contribution in [0.3, 0.4) is 0 Å². The molecular weight excluding hydrogens is 280 g/mol. The number of fused-ring (bicyclic) bond motifs is 1. The van der Waals surface area contributed by atoms with Gasteiger partial charge in [0.15, 0.2) is 0 Å². The van der Waals surface area contributed by atoms with Crippen LogP contribution in [0.4, 0.5) is 0 Å². The molecule has 3 rings (SSSR count). The maximum atomic E-state index is 11.9. The summed E-state index contributed by atoms with van der Waals surface area (Å²) in [5.41, 5.74) is 2.28. The largest absolute Gasteiger partial charge is 0.491 e. The van der Waals surface area contributed by atoms with Crippen LogP contribution in [0.2, 0.25) is 0 Å². The van der Waals surface area contributed by atoms with E-state index in [1.54, 1.807) is 23.2 Å². The minimum Gasteiger partial charge on any atom is -0.491 e. The predicted octanol–water partition coefficient (Wildman–Crippen LogP) is 1.99. The highest BCUT2D eigenvalue weighted by Gasteiger charge is 2.13. The van der Waals surface area contributed by atoms with Gasteiger partial charge in [-0.15, -0.1) is 0 Å². The topological polar surface area (TPSA) is 56.4 Å². The number of ether oxygens (including phenoxy) is 1. The van der Waals surface area contributed by atoms with Crippen LogP contribution in [0.25, 0.3) is 11.0 Å². The molecule has 5 heteroatoms. The molecule has 2 aromatic carbocycles. The molecule has 0 saturated heterocycles. The Morgan fingerprint density at radius 1 is 1.05 bits per heavy atom. The second kappa shape index (κ2) is 5.69. The van der Waals surface area contributed by atoms with Crippen molar-refractivity contribution in [2.75, 3.05) is 6.61 Å². The van der Waals surface area contributed by atoms with Crippen molar-refractivity contribution < 1.29 is 9.84 Å². The lowest BCUT2D eigenvalue weighted by Crippen LogP contribution is -2.19. The Morgan fingerprint density at radius 2 is 1.73 bits per heavy atom. The third kappa shape index (κ3) is 2.51. The number of hydrogen-bond acceptors (Lipinski definition) is 3. The molecule has 0 radical (unpaired) electrons. The molecule has 0 fully saturated rings. The number of nitrogens with zero attached hydrogens (tertiary/aromatic N) is 2. The predicted molar refractivity (Wildman–Crippen MR) is 85.1 cm³/mol. The molecule has 1 N–H and O–H groups in total. The number of aromatic nitrogens is 2. The SMILES string of the molecule is Cn1c(=O)n(C)c2cc(C(O)COc3ccccc3)ccc21. The van der Waals surface area contributed by atoms with Gasteiger partial charge in [0, 0.05) is 14.1 Å². The molecule has 22 heavy (non-hydrogen) atoms. The van der Waals surface area contributed by atoms with Crippen LogP contribution in [-0.2, 0) is 14.1 Å². The third-order valence-corrected chi connectivity index (χ3v) is 3.83. The van der Waals surface area contributed by atoms with E-state index >= 15 is 0 Å². The van der Waals surface area contributed by atoms with Gasteiger partial charge in [0.2, 0.25) is 0 Å². The van der Waals surface area contributed by atoms with Gasteiger partial charge in [-0.1, -0.05) is 24.3 Å². The molecule has 0 spiro atoms. The molecule has 0 aliphatic carbocycles. The quantitative estimate of drug-likeness (QED) is 0.801. The van der Waals surface area contributed by atoms with Gasteiger partial charge in [0.05, 0.1) is 11.0 Å². The fourth-order valence-electron chi connectivity index (χ4n) is 2.52. The van der Waals surface area contributed by atoms with E-state index in [1.807, 2.05) is 48.5 Å². The Balaban J connectivity index is 1.84. The van der Waals surface area contributed by atoms with Gasteiger partial charge >= 0.3 is 5.69 Å². The smallest absolute Gasteiger partial charge is 0.328 e. The Kier molecular flexibility index (Phi) is 3.73. The first kappa shape index (κ1) is 14.4. The summed E-state index contributed by atoms with van der Waals surface area (Å²) in [6.07, 6.45) is -0.750. The number of imidazole rings is 1. The Bertz CT molecular complexity index is 849. The lowest BCUT2D eigenvalue weighted by Gasteiger charge is -2.13. The van der Waals surface area contributed by atoms with E-state index in [4.69, 9.17) is 4.74 Å². The molecule has 0 aliphatic rings. The van der Waals surface area contributed by atoms with Gasteiger partial charge in [-0.2, -0.15) is 0 Å². The average molecular weight is 298 g/mol. The van der Waals surface area contributed by atoms with Crippen LogP contribution in [0, 0.1) is 0 Å². The van der Waals surface area contributed by atoms with Crippen molar-refractivity contribution in [1.82, 2.24) is 9.13 Å². The molecule has 0 saturated carbocycles. The fraction of sp³-hybridized carbons (Fsp3) is 0.235. The first-order valence-electron chi connectivity index (χ1n) is 7.09. The summed E-state index contributed by atoms with van der Waals surface area (Å²) in [5, 5.41) is 10.3. The summed E-state index contributed by atoms with van der Waals surface area (Å²) < 4.78 is 8.73. The molecule has 0 amide bonds. The first-order valence-corrected chi connectivity index (χ1v) is 7.09. The number of aliphatic hydroxyl groups is 1. The van der Waals surface area contributed by atoms with Crippen LogP contribution in [0.5, 0.6) is 5.75 Å².